The maximum atomic E-state index is 14.8. The third kappa shape index (κ3) is 4.74. The predicted molar refractivity (Wildman–Crippen MR) is 164 cm³/mol. The van der Waals surface area contributed by atoms with Crippen LogP contribution in [0.5, 0.6) is 0 Å². The number of hydrogen-bond donors (Lipinski definition) is 2. The van der Waals surface area contributed by atoms with E-state index in [9.17, 15) is 29.4 Å². The molecule has 0 saturated carbocycles. The standard InChI is InChI=1S/C31H38N2O9S2/c1-7-16(2)25(35)17(3)26(36)18(4)27(37)42-22-9-11-41-15-20-13-31(44-6)28(38)32-23-19(14-40-10-8-21(23)34)12-30(32,43-5)29(39)33(31)24(20)22/h7-11,14-15,17-18,21-24,26,34,36H,12-13H2,1-6H3/b16-7+/t17?,18?,21-,22-,23-,24-,26?,30+,31+/m0/s1. The number of carbonyl (C=O) groups excluding carboxylic acids is 4. The number of amides is 2. The fourth-order valence-electron chi connectivity index (χ4n) is 6.78. The molecule has 5 aliphatic rings. The normalized spacial score (nSPS) is 34.6. The molecule has 2 amide bonds. The van der Waals surface area contributed by atoms with Crippen molar-refractivity contribution >= 4 is 47.1 Å². The van der Waals surface area contributed by atoms with Crippen LogP contribution in [0, 0.1) is 11.8 Å². The molecular formula is C31H38N2O9S2. The molecule has 0 radical (unpaired) electrons. The van der Waals surface area contributed by atoms with Crippen molar-refractivity contribution in [1.82, 2.24) is 9.80 Å². The molecule has 3 unspecified atom stereocenters. The molecule has 0 spiro atoms. The van der Waals surface area contributed by atoms with Gasteiger partial charge in [0.1, 0.15) is 6.10 Å². The second-order valence-corrected chi connectivity index (χ2v) is 13.8. The molecule has 2 N–H and O–H groups in total. The molecule has 0 aromatic heterocycles. The number of ketones is 1. The van der Waals surface area contributed by atoms with Crippen molar-refractivity contribution in [3.8, 4) is 0 Å². The van der Waals surface area contributed by atoms with Crippen LogP contribution in [0.2, 0.25) is 0 Å². The number of carbonyl (C=O) groups is 4. The van der Waals surface area contributed by atoms with Crippen LogP contribution in [0.4, 0.5) is 0 Å². The first-order valence-electron chi connectivity index (χ1n) is 14.4. The van der Waals surface area contributed by atoms with Gasteiger partial charge in [-0.05, 0) is 62.2 Å². The summed E-state index contributed by atoms with van der Waals surface area (Å²) in [5, 5.41) is 22.0. The molecule has 0 aromatic rings. The van der Waals surface area contributed by atoms with E-state index < -0.39 is 57.9 Å². The number of aliphatic hydroxyl groups excluding tert-OH is 2. The quantitative estimate of drug-likeness (QED) is 0.297. The van der Waals surface area contributed by atoms with E-state index >= 15 is 0 Å². The van der Waals surface area contributed by atoms with Gasteiger partial charge in [-0.15, -0.1) is 23.5 Å². The van der Waals surface area contributed by atoms with Crippen molar-refractivity contribution in [3.63, 3.8) is 0 Å². The third-order valence-corrected chi connectivity index (χ3v) is 11.8. The Morgan fingerprint density at radius 3 is 2.05 bits per heavy atom. The predicted octanol–water partition coefficient (Wildman–Crippen LogP) is 2.62. The van der Waals surface area contributed by atoms with Crippen LogP contribution in [0.3, 0.4) is 0 Å². The number of ether oxygens (including phenoxy) is 3. The number of rotatable bonds is 8. The summed E-state index contributed by atoms with van der Waals surface area (Å²) >= 11 is 2.42. The Morgan fingerprint density at radius 1 is 0.977 bits per heavy atom. The van der Waals surface area contributed by atoms with Crippen molar-refractivity contribution in [3.05, 3.63) is 60.0 Å². The van der Waals surface area contributed by atoms with Crippen LogP contribution in [-0.2, 0) is 33.4 Å². The highest BCUT2D eigenvalue weighted by Crippen LogP contribution is 2.59. The summed E-state index contributed by atoms with van der Waals surface area (Å²) in [6.45, 7) is 6.43. The van der Waals surface area contributed by atoms with Crippen molar-refractivity contribution in [2.24, 2.45) is 11.8 Å². The Hall–Kier alpha value is -3.00. The zero-order chi connectivity index (χ0) is 32.1. The summed E-state index contributed by atoms with van der Waals surface area (Å²) < 4.78 is 17.0. The first-order chi connectivity index (χ1) is 20.9. The van der Waals surface area contributed by atoms with Gasteiger partial charge in [0, 0.05) is 18.8 Å². The van der Waals surface area contributed by atoms with Gasteiger partial charge in [-0.25, -0.2) is 0 Å². The van der Waals surface area contributed by atoms with Gasteiger partial charge in [-0.2, -0.15) is 0 Å². The van der Waals surface area contributed by atoms with Crippen LogP contribution < -0.4 is 0 Å². The van der Waals surface area contributed by atoms with E-state index in [1.807, 2.05) is 0 Å². The second-order valence-electron chi connectivity index (χ2n) is 11.7. The molecule has 13 heteroatoms. The first-order valence-corrected chi connectivity index (χ1v) is 16.9. The molecule has 5 rings (SSSR count). The first kappa shape index (κ1) is 32.4. The van der Waals surface area contributed by atoms with E-state index in [-0.39, 0.29) is 30.4 Å². The molecule has 3 saturated heterocycles. The van der Waals surface area contributed by atoms with Crippen LogP contribution in [0.25, 0.3) is 0 Å². The SMILES string of the molecule is C/C=C(\C)C(=O)C(C)C(O)C(C)C(=O)O[C@H]1C=COC=C2C[C@@]3(SC)C(=O)N4[C@H]5C(=COC=C[C@@H]5O)C[C@@]4(SC)C(=O)N3[C@@H]21. The number of allylic oxidation sites excluding steroid dienone is 2. The van der Waals surface area contributed by atoms with E-state index in [4.69, 9.17) is 14.2 Å². The van der Waals surface area contributed by atoms with Gasteiger partial charge in [0.05, 0.1) is 55.3 Å². The second kappa shape index (κ2) is 12.1. The lowest BCUT2D eigenvalue weighted by Crippen LogP contribution is -2.74. The van der Waals surface area contributed by atoms with Crippen LogP contribution >= 0.6 is 23.5 Å². The maximum absolute atomic E-state index is 14.8. The van der Waals surface area contributed by atoms with E-state index in [1.54, 1.807) is 39.4 Å². The lowest BCUT2D eigenvalue weighted by molar-refractivity contribution is -0.171. The van der Waals surface area contributed by atoms with E-state index in [2.05, 4.69) is 0 Å². The molecule has 0 bridgehead atoms. The molecule has 5 aliphatic heterocycles. The summed E-state index contributed by atoms with van der Waals surface area (Å²) in [7, 11) is 0. The minimum absolute atomic E-state index is 0.112. The Bertz CT molecular complexity index is 1410. The van der Waals surface area contributed by atoms with Gasteiger partial charge in [-0.3, -0.25) is 19.2 Å². The Labute approximate surface area is 265 Å². The smallest absolute Gasteiger partial charge is 0.311 e. The number of fused-ring (bicyclic) bond motifs is 6. The largest absolute Gasteiger partial charge is 0.473 e. The van der Waals surface area contributed by atoms with Crippen molar-refractivity contribution in [2.45, 2.75) is 80.7 Å². The number of Topliss-reactive ketones (excluding diaryl/α,β-unsaturated/α-hetero) is 1. The Balaban J connectivity index is 1.50. The number of piperazine rings is 1. The summed E-state index contributed by atoms with van der Waals surface area (Å²) in [5.74, 6) is -3.65. The maximum Gasteiger partial charge on any atom is 0.311 e. The van der Waals surface area contributed by atoms with E-state index in [0.717, 1.165) is 0 Å². The molecule has 0 aromatic carbocycles. The van der Waals surface area contributed by atoms with E-state index in [1.165, 1.54) is 77.4 Å². The molecule has 238 valence electrons. The highest BCUT2D eigenvalue weighted by molar-refractivity contribution is 8.01. The molecule has 11 nitrogen and oxygen atoms in total. The summed E-state index contributed by atoms with van der Waals surface area (Å²) in [6.07, 6.45) is 10.6. The van der Waals surface area contributed by atoms with Crippen LogP contribution in [0.15, 0.2) is 60.0 Å². The van der Waals surface area contributed by atoms with Gasteiger partial charge >= 0.3 is 5.97 Å². The average Bonchev–Trinajstić information content (AvgIpc) is 3.41. The number of nitrogens with zero attached hydrogens (tertiary/aromatic N) is 2. The monoisotopic (exact) mass is 646 g/mol. The zero-order valence-electron chi connectivity index (χ0n) is 25.5. The number of aliphatic hydroxyl groups is 2. The van der Waals surface area contributed by atoms with Gasteiger partial charge in [0.15, 0.2) is 15.5 Å². The fourth-order valence-corrected chi connectivity index (χ4v) is 8.74. The number of thioether (sulfide) groups is 2. The Morgan fingerprint density at radius 2 is 1.50 bits per heavy atom. The Kier molecular flexibility index (Phi) is 8.89. The molecule has 9 atom stereocenters. The van der Waals surface area contributed by atoms with Crippen molar-refractivity contribution in [2.75, 3.05) is 12.5 Å². The van der Waals surface area contributed by atoms with Crippen molar-refractivity contribution < 1.29 is 43.6 Å². The van der Waals surface area contributed by atoms with Gasteiger partial charge in [0.2, 0.25) is 0 Å². The van der Waals surface area contributed by atoms with Gasteiger partial charge in [-0.1, -0.05) is 13.0 Å². The third-order valence-electron chi connectivity index (χ3n) is 9.42. The molecule has 0 aliphatic carbocycles. The lowest BCUT2D eigenvalue weighted by Gasteiger charge is -2.54. The summed E-state index contributed by atoms with van der Waals surface area (Å²) in [4.78, 5) is 55.9. The van der Waals surface area contributed by atoms with Gasteiger partial charge in [0.25, 0.3) is 11.8 Å². The molecule has 44 heavy (non-hydrogen) atoms. The van der Waals surface area contributed by atoms with Crippen LogP contribution in [-0.4, -0.2) is 96.2 Å². The topological polar surface area (TPSA) is 143 Å². The molecular weight excluding hydrogens is 608 g/mol. The molecule has 5 heterocycles. The minimum atomic E-state index is -1.39. The lowest BCUT2D eigenvalue weighted by atomic mass is 9.87. The highest BCUT2D eigenvalue weighted by Gasteiger charge is 2.72. The molecule has 3 fully saturated rings. The fraction of sp³-hybridized carbons (Fsp3) is 0.548. The van der Waals surface area contributed by atoms with Gasteiger partial charge < -0.3 is 34.2 Å². The zero-order valence-corrected chi connectivity index (χ0v) is 27.1. The number of esters is 1. The minimum Gasteiger partial charge on any atom is -0.473 e. The number of hydrogen-bond acceptors (Lipinski definition) is 11. The summed E-state index contributed by atoms with van der Waals surface area (Å²) in [6, 6.07) is -1.66. The van der Waals surface area contributed by atoms with Crippen LogP contribution in [0.1, 0.15) is 40.5 Å². The van der Waals surface area contributed by atoms with E-state index in [0.29, 0.717) is 16.7 Å². The van der Waals surface area contributed by atoms with Crippen molar-refractivity contribution in [1.29, 1.82) is 0 Å². The summed E-state index contributed by atoms with van der Waals surface area (Å²) in [5.41, 5.74) is 1.69. The highest BCUT2D eigenvalue weighted by atomic mass is 32.2. The average molecular weight is 647 g/mol.